The van der Waals surface area contributed by atoms with Crippen LogP contribution in [0.15, 0.2) is 46.3 Å². The largest absolute Gasteiger partial charge is 0.444 e. The lowest BCUT2D eigenvalue weighted by atomic mass is 10.1. The lowest BCUT2D eigenvalue weighted by molar-refractivity contribution is -0.131. The minimum Gasteiger partial charge on any atom is -0.444 e. The van der Waals surface area contributed by atoms with Crippen molar-refractivity contribution < 1.29 is 40.1 Å². The molecule has 1 aromatic rings. The van der Waals surface area contributed by atoms with Crippen molar-refractivity contribution in [1.82, 2.24) is 14.9 Å². The van der Waals surface area contributed by atoms with Crippen molar-refractivity contribution in [2.24, 2.45) is 5.92 Å². The van der Waals surface area contributed by atoms with Gasteiger partial charge in [-0.25, -0.2) is 13.2 Å². The van der Waals surface area contributed by atoms with Crippen molar-refractivity contribution in [2.45, 2.75) is 79.9 Å². The Kier molecular flexibility index (Phi) is 8.17. The number of amides is 3. The second-order valence-electron chi connectivity index (χ2n) is 11.2. The maximum atomic E-state index is 13.5. The van der Waals surface area contributed by atoms with Gasteiger partial charge in [0, 0.05) is 16.8 Å². The normalized spacial score (nSPS) is 26.6. The van der Waals surface area contributed by atoms with E-state index in [-0.39, 0.29) is 24.3 Å². The fourth-order valence-electron chi connectivity index (χ4n) is 4.49. The summed E-state index contributed by atoms with van der Waals surface area (Å²) in [5.74, 6) is -2.20. The van der Waals surface area contributed by atoms with Crippen LogP contribution in [0.5, 0.6) is 0 Å². The van der Waals surface area contributed by atoms with Gasteiger partial charge in [-0.15, -0.1) is 6.58 Å². The van der Waals surface area contributed by atoms with Crippen molar-refractivity contribution in [2.75, 3.05) is 6.54 Å². The molecule has 3 fully saturated rings. The van der Waals surface area contributed by atoms with Crippen molar-refractivity contribution in [3.05, 3.63) is 41.4 Å². The van der Waals surface area contributed by atoms with E-state index in [1.807, 2.05) is 0 Å². The monoisotopic (exact) mass is 661 g/mol. The number of carbonyl (C=O) groups is 3. The Bertz CT molecular complexity index is 1420. The predicted octanol–water partition coefficient (Wildman–Crippen LogP) is 2.20. The third kappa shape index (κ3) is 6.69. The molecule has 2 N–H and O–H groups in total. The zero-order chi connectivity index (χ0) is 29.7. The first-order valence-electron chi connectivity index (χ1n) is 12.7. The molecule has 15 heteroatoms. The first-order chi connectivity index (χ1) is 18.5. The molecule has 2 saturated carbocycles. The van der Waals surface area contributed by atoms with Crippen LogP contribution in [0.2, 0.25) is 0 Å². The van der Waals surface area contributed by atoms with E-state index >= 15 is 0 Å². The van der Waals surface area contributed by atoms with E-state index in [4.69, 9.17) is 8.92 Å². The molecule has 0 aromatic heterocycles. The molecule has 4 rings (SSSR count). The number of carbonyl (C=O) groups excluding carboxylic acids is 3. The van der Waals surface area contributed by atoms with Crippen molar-refractivity contribution in [3.63, 3.8) is 0 Å². The van der Waals surface area contributed by atoms with E-state index in [0.717, 1.165) is 4.90 Å². The van der Waals surface area contributed by atoms with Crippen molar-refractivity contribution in [1.29, 1.82) is 0 Å². The van der Waals surface area contributed by atoms with Crippen LogP contribution in [-0.2, 0) is 38.7 Å². The van der Waals surface area contributed by atoms with Gasteiger partial charge in [0.15, 0.2) is 0 Å². The average molecular weight is 663 g/mol. The number of benzene rings is 1. The molecule has 12 nitrogen and oxygen atoms in total. The van der Waals surface area contributed by atoms with Gasteiger partial charge < -0.3 is 10.1 Å². The summed E-state index contributed by atoms with van der Waals surface area (Å²) in [6.45, 7) is 8.31. The number of hydrogen-bond acceptors (Lipinski definition) is 9. The summed E-state index contributed by atoms with van der Waals surface area (Å²) in [5, 5.41) is 1.97. The molecular formula is C25H32BrN3O9S2. The smallest absolute Gasteiger partial charge is 0.411 e. The molecule has 40 heavy (non-hydrogen) atoms. The summed E-state index contributed by atoms with van der Waals surface area (Å²) in [4.78, 5) is 40.6. The first kappa shape index (κ1) is 30.5. The maximum Gasteiger partial charge on any atom is 0.411 e. The second kappa shape index (κ2) is 10.7. The molecule has 2 aliphatic carbocycles. The zero-order valence-corrected chi connectivity index (χ0v) is 25.5. The summed E-state index contributed by atoms with van der Waals surface area (Å²) >= 11 is 3.24. The molecule has 1 unspecified atom stereocenters. The van der Waals surface area contributed by atoms with E-state index in [2.05, 4.69) is 32.5 Å². The van der Waals surface area contributed by atoms with Gasteiger partial charge in [-0.2, -0.15) is 8.42 Å². The molecule has 220 valence electrons. The standard InChI is InChI=1S/C25H32BrN3O9S2/c1-5-15-13-25(15,22(31)28-39(33,34)18-10-11-18)27-21(30)20-12-17(14-29(20)23(32)37-24(2,3)4)38-40(35,36)19-8-6-16(26)7-9-19/h5-9,15,17-18,20H,1,10-14H2,2-4H3,(H,27,30)(H,28,31)/t15?,17-,20-,25+/m0/s1. The van der Waals surface area contributed by atoms with Crippen molar-refractivity contribution in [3.8, 4) is 0 Å². The molecular weight excluding hydrogens is 630 g/mol. The molecule has 0 radical (unpaired) electrons. The third-order valence-electron chi connectivity index (χ3n) is 6.81. The zero-order valence-electron chi connectivity index (χ0n) is 22.3. The lowest BCUT2D eigenvalue weighted by Crippen LogP contribution is -2.56. The number of nitrogens with zero attached hydrogens (tertiary/aromatic N) is 1. The van der Waals surface area contributed by atoms with E-state index < -0.39 is 72.5 Å². The molecule has 3 aliphatic rings. The Morgan fingerprint density at radius 2 is 1.75 bits per heavy atom. The summed E-state index contributed by atoms with van der Waals surface area (Å²) in [6.07, 6.45) is 0.287. The second-order valence-corrected chi connectivity index (χ2v) is 15.6. The molecule has 1 heterocycles. The molecule has 4 atom stereocenters. The number of halogens is 1. The van der Waals surface area contributed by atoms with Crippen LogP contribution in [0, 0.1) is 5.92 Å². The first-order valence-corrected chi connectivity index (χ1v) is 16.4. The van der Waals surface area contributed by atoms with Gasteiger partial charge in [-0.05, 0) is 64.3 Å². The van der Waals surface area contributed by atoms with Gasteiger partial charge in [-0.1, -0.05) is 22.0 Å². The van der Waals surface area contributed by atoms with E-state index in [1.165, 1.54) is 30.3 Å². The maximum absolute atomic E-state index is 13.5. The number of hydrogen-bond donors (Lipinski definition) is 2. The Balaban J connectivity index is 1.54. The fraction of sp³-hybridized carbons (Fsp3) is 0.560. The van der Waals surface area contributed by atoms with E-state index in [9.17, 15) is 31.2 Å². The Morgan fingerprint density at radius 1 is 1.12 bits per heavy atom. The number of likely N-dealkylation sites (tertiary alicyclic amines) is 1. The molecule has 1 aliphatic heterocycles. The Hall–Kier alpha value is -2.49. The van der Waals surface area contributed by atoms with E-state index in [1.54, 1.807) is 20.8 Å². The highest BCUT2D eigenvalue weighted by atomic mass is 79.9. The van der Waals surface area contributed by atoms with Crippen LogP contribution in [0.4, 0.5) is 4.79 Å². The predicted molar refractivity (Wildman–Crippen MR) is 147 cm³/mol. The quantitative estimate of drug-likeness (QED) is 0.298. The number of rotatable bonds is 9. The number of ether oxygens (including phenoxy) is 1. The molecule has 3 amide bonds. The summed E-state index contributed by atoms with van der Waals surface area (Å²) in [7, 11) is -8.12. The topological polar surface area (TPSA) is 165 Å². The number of sulfonamides is 1. The summed E-state index contributed by atoms with van der Waals surface area (Å²) in [5.41, 5.74) is -2.48. The van der Waals surface area contributed by atoms with Gasteiger partial charge in [0.05, 0.1) is 22.8 Å². The van der Waals surface area contributed by atoms with Gasteiger partial charge in [0.2, 0.25) is 15.9 Å². The summed E-state index contributed by atoms with van der Waals surface area (Å²) in [6, 6.07) is 4.52. The summed E-state index contributed by atoms with van der Waals surface area (Å²) < 4.78 is 64.1. The SMILES string of the molecule is C=CC1C[C@]1(NC(=O)[C@@H]1C[C@H](OS(=O)(=O)c2ccc(Br)cc2)CN1C(=O)OC(C)(C)C)C(=O)NS(=O)(=O)C1CC1. The van der Waals surface area contributed by atoms with Gasteiger partial charge in [-0.3, -0.25) is 23.4 Å². The van der Waals surface area contributed by atoms with Crippen LogP contribution in [0.3, 0.4) is 0 Å². The van der Waals surface area contributed by atoms with Crippen LogP contribution in [0.25, 0.3) is 0 Å². The third-order valence-corrected chi connectivity index (χ3v) is 10.5. The minimum absolute atomic E-state index is 0.105. The van der Waals surface area contributed by atoms with Crippen LogP contribution in [0.1, 0.15) is 46.5 Å². The highest BCUT2D eigenvalue weighted by Gasteiger charge is 2.62. The van der Waals surface area contributed by atoms with Gasteiger partial charge in [0.1, 0.15) is 17.2 Å². The molecule has 1 aromatic carbocycles. The average Bonchev–Trinajstić information content (AvgIpc) is 3.75. The Labute approximate surface area is 242 Å². The number of nitrogens with one attached hydrogen (secondary N) is 2. The lowest BCUT2D eigenvalue weighted by Gasteiger charge is -2.29. The minimum atomic E-state index is -4.24. The fourth-order valence-corrected chi connectivity index (χ4v) is 7.20. The van der Waals surface area contributed by atoms with Gasteiger partial charge >= 0.3 is 6.09 Å². The van der Waals surface area contributed by atoms with Crippen LogP contribution >= 0.6 is 15.9 Å². The molecule has 0 bridgehead atoms. The van der Waals surface area contributed by atoms with Gasteiger partial charge in [0.25, 0.3) is 16.0 Å². The highest BCUT2D eigenvalue weighted by molar-refractivity contribution is 9.10. The molecule has 0 spiro atoms. The Morgan fingerprint density at radius 3 is 2.27 bits per heavy atom. The highest BCUT2D eigenvalue weighted by Crippen LogP contribution is 2.45. The van der Waals surface area contributed by atoms with E-state index in [0.29, 0.717) is 17.3 Å². The van der Waals surface area contributed by atoms with Crippen LogP contribution in [-0.4, -0.2) is 74.7 Å². The van der Waals surface area contributed by atoms with Crippen molar-refractivity contribution >= 4 is 54.0 Å². The molecule has 1 saturated heterocycles. The van der Waals surface area contributed by atoms with Crippen LogP contribution < -0.4 is 10.0 Å².